The number of allylic oxidation sites excluding steroid dienone is 1. The fourth-order valence-electron chi connectivity index (χ4n) is 13.9. The van der Waals surface area contributed by atoms with E-state index in [-0.39, 0.29) is 60.5 Å². The molecule has 99 heavy (non-hydrogen) atoms. The molecule has 1 atom stereocenters. The standard InChI is InChI=1S/C18H25N3.2C17H23N4.C17H24N2O2.C10H14N2O2.Pt/c1-12(2)8-13-9-20-17(21-10-13)15-11-19-16-14(15)6-5-7-18(16,3)4;2*1-11(2)8-12-9-18-16(19-10-12)14-13-6-5-7-17(3,4)15(13)21-20-14;1-11(2)8-12-9-18-16(19-10-12)14(20)13-6-5-7-17(3,4)15(13)21;1-7(2)4-8-5-11-9(12-6-8)10(13)14-3;/h9-10,12H,5-8,11H2,1-4H3;2*9-11H,5-8H2,1-4H3;9-11,13H,5-8H2,1-4H3;5-7H,4H2,1-3H3;/q;2*-1;;;+2. The van der Waals surface area contributed by atoms with E-state index in [4.69, 9.17) is 4.99 Å². The van der Waals surface area contributed by atoms with Gasteiger partial charge in [0.1, 0.15) is 17.4 Å². The fourth-order valence-corrected chi connectivity index (χ4v) is 13.9. The molecular formula is C79H109N15O4Pt. The van der Waals surface area contributed by atoms with Crippen molar-refractivity contribution in [2.45, 2.75) is 245 Å². The first kappa shape index (κ1) is 79.1. The van der Waals surface area contributed by atoms with Gasteiger partial charge in [-0.2, -0.15) is 0 Å². The molecule has 0 aromatic carbocycles. The molecule has 7 aromatic rings. The molecule has 0 bridgehead atoms. The molecule has 4 aliphatic carbocycles. The number of aliphatic imine (C=N–C) groups is 1. The fraction of sp³-hybridized carbons (Fsp3) is 0.595. The summed E-state index contributed by atoms with van der Waals surface area (Å²) in [6.45, 7) is 39.9. The minimum Gasteiger partial charge on any atom is -0.572 e. The van der Waals surface area contributed by atoms with Crippen LogP contribution in [0.1, 0.15) is 266 Å². The van der Waals surface area contributed by atoms with Crippen LogP contribution in [0.5, 0.6) is 0 Å². The predicted molar refractivity (Wildman–Crippen MR) is 387 cm³/mol. The van der Waals surface area contributed by atoms with Crippen molar-refractivity contribution in [1.82, 2.24) is 70.2 Å². The molecule has 5 aliphatic rings. The number of methoxy groups -OCH3 is 1. The van der Waals surface area contributed by atoms with Crippen LogP contribution in [0.15, 0.2) is 72.5 Å². The van der Waals surface area contributed by atoms with Crippen LogP contribution in [-0.4, -0.2) is 96.9 Å². The van der Waals surface area contributed by atoms with Gasteiger partial charge in [0.05, 0.1) is 19.6 Å². The van der Waals surface area contributed by atoms with E-state index in [2.05, 4.69) is 186 Å². The predicted octanol–water partition coefficient (Wildman–Crippen LogP) is 15.4. The van der Waals surface area contributed by atoms with Crippen LogP contribution in [0.4, 0.5) is 0 Å². The molecule has 0 radical (unpaired) electrons. The summed E-state index contributed by atoms with van der Waals surface area (Å²) in [5, 5.41) is 17.6. The Kier molecular flexibility index (Phi) is 27.8. The van der Waals surface area contributed by atoms with Crippen molar-refractivity contribution in [2.75, 3.05) is 13.7 Å². The third-order valence-electron chi connectivity index (χ3n) is 18.9. The van der Waals surface area contributed by atoms with Gasteiger partial charge in [0, 0.05) is 106 Å². The van der Waals surface area contributed by atoms with E-state index in [0.29, 0.717) is 47.7 Å². The average molecular weight is 1530 g/mol. The Morgan fingerprint density at radius 3 is 1.18 bits per heavy atom. The number of nitrogens with zero attached hydrogens (tertiary/aromatic N) is 15. The molecule has 20 heteroatoms. The first-order chi connectivity index (χ1) is 46.4. The van der Waals surface area contributed by atoms with Crippen molar-refractivity contribution in [3.8, 4) is 23.0 Å². The van der Waals surface area contributed by atoms with E-state index in [1.54, 1.807) is 24.8 Å². The molecule has 0 spiro atoms. The molecule has 2 saturated carbocycles. The number of carbonyl (C=O) groups is 3. The van der Waals surface area contributed by atoms with Gasteiger partial charge in [0.15, 0.2) is 11.6 Å². The van der Waals surface area contributed by atoms with E-state index in [0.717, 1.165) is 110 Å². The summed E-state index contributed by atoms with van der Waals surface area (Å²) >= 11 is 0. The number of ketones is 2. The smallest absolute Gasteiger partial charge is 0.572 e. The third-order valence-corrected chi connectivity index (χ3v) is 18.9. The second-order valence-electron chi connectivity index (χ2n) is 32.2. The van der Waals surface area contributed by atoms with Gasteiger partial charge in [-0.1, -0.05) is 142 Å². The Bertz CT molecular complexity index is 3730. The third kappa shape index (κ3) is 21.2. The summed E-state index contributed by atoms with van der Waals surface area (Å²) in [6, 6.07) is 0. The Hall–Kier alpha value is -7.27. The van der Waals surface area contributed by atoms with Gasteiger partial charge >= 0.3 is 27.0 Å². The minimum absolute atomic E-state index is 0. The van der Waals surface area contributed by atoms with Crippen molar-refractivity contribution < 1.29 is 40.2 Å². The van der Waals surface area contributed by atoms with E-state index < -0.39 is 17.3 Å². The minimum atomic E-state index is -0.565. The van der Waals surface area contributed by atoms with Crippen LogP contribution >= 0.6 is 0 Å². The molecule has 0 N–H and O–H groups in total. The zero-order valence-corrected chi connectivity index (χ0v) is 64.9. The number of esters is 1. The largest absolute Gasteiger partial charge is 2.00 e. The van der Waals surface area contributed by atoms with Crippen molar-refractivity contribution in [3.05, 3.63) is 135 Å². The van der Waals surface area contributed by atoms with Crippen LogP contribution in [0.2, 0.25) is 0 Å². The average Bonchev–Trinajstić information content (AvgIpc) is 1.67. The molecule has 8 heterocycles. The number of ether oxygens (including phenoxy) is 1. The molecule has 0 amide bonds. The van der Waals surface area contributed by atoms with Gasteiger partial charge in [0.25, 0.3) is 0 Å². The number of fused-ring (bicyclic) bond motifs is 3. The Morgan fingerprint density at radius 2 is 0.798 bits per heavy atom. The first-order valence-electron chi connectivity index (χ1n) is 35.9. The quantitative estimate of drug-likeness (QED) is 0.0495. The zero-order chi connectivity index (χ0) is 71.3. The summed E-state index contributed by atoms with van der Waals surface area (Å²) < 4.78 is 4.49. The molecule has 2 fully saturated rings. The zero-order valence-electron chi connectivity index (χ0n) is 62.6. The Labute approximate surface area is 603 Å². The Balaban J connectivity index is 0.000000175. The maximum atomic E-state index is 12.5. The van der Waals surface area contributed by atoms with Gasteiger partial charge < -0.3 is 25.1 Å². The summed E-state index contributed by atoms with van der Waals surface area (Å²) in [4.78, 5) is 84.2. The second-order valence-corrected chi connectivity index (χ2v) is 32.2. The molecule has 12 rings (SSSR count). The van der Waals surface area contributed by atoms with Crippen LogP contribution in [0.3, 0.4) is 0 Å². The number of hydrogen-bond donors (Lipinski definition) is 0. The maximum Gasteiger partial charge on any atom is 2.00 e. The topological polar surface area (TPSA) is 256 Å². The van der Waals surface area contributed by atoms with Crippen molar-refractivity contribution in [3.63, 3.8) is 0 Å². The maximum absolute atomic E-state index is 12.5. The van der Waals surface area contributed by atoms with Gasteiger partial charge in [-0.05, 0) is 177 Å². The van der Waals surface area contributed by atoms with Crippen LogP contribution in [0.25, 0.3) is 28.6 Å². The first-order valence-corrected chi connectivity index (χ1v) is 35.9. The number of hydrogen-bond acceptors (Lipinski definition) is 17. The number of aromatic nitrogens is 14. The summed E-state index contributed by atoms with van der Waals surface area (Å²) in [5.41, 5.74) is 16.2. The second kappa shape index (κ2) is 34.9. The molecule has 0 saturated heterocycles. The van der Waals surface area contributed by atoms with E-state index >= 15 is 0 Å². The summed E-state index contributed by atoms with van der Waals surface area (Å²) in [5.74, 6) is 4.32. The monoisotopic (exact) mass is 1530 g/mol. The van der Waals surface area contributed by atoms with Crippen LogP contribution < -0.4 is 10.2 Å². The SMILES string of the molecule is CC(C)Cc1cnc(-c2[n-]nc3c2CCCC3(C)C)nc1.CC(C)Cc1cnc(-c2[n-]nc3c2CCCC3(C)C)nc1.CC(C)Cc1cnc(C(=O)C2CCCC(C)(C)C2=O)nc1.CC(C)Cc1cnc(C2=C3CCCC(C)(C)C3=NC2)nc1.COC(=O)c1ncc(CC(C)C)cn1.[Pt+2]. The van der Waals surface area contributed by atoms with Crippen LogP contribution in [-0.2, 0) is 86.4 Å². The molecular weight excluding hydrogens is 1420 g/mol. The van der Waals surface area contributed by atoms with Gasteiger partial charge in [-0.3, -0.25) is 14.6 Å². The van der Waals surface area contributed by atoms with Gasteiger partial charge in [0.2, 0.25) is 11.6 Å². The molecule has 7 aromatic heterocycles. The molecule has 1 aliphatic heterocycles. The summed E-state index contributed by atoms with van der Waals surface area (Å²) in [7, 11) is 1.31. The molecule has 19 nitrogen and oxygen atoms in total. The Morgan fingerprint density at radius 1 is 0.455 bits per heavy atom. The van der Waals surface area contributed by atoms with E-state index in [1.165, 1.54) is 90.3 Å². The van der Waals surface area contributed by atoms with Crippen molar-refractivity contribution >= 4 is 28.8 Å². The van der Waals surface area contributed by atoms with Crippen molar-refractivity contribution in [2.24, 2.45) is 51.3 Å². The number of Topliss-reactive ketones (excluding diaryl/α,β-unsaturated/α-hetero) is 2. The molecule has 534 valence electrons. The van der Waals surface area contributed by atoms with Crippen LogP contribution in [0, 0.1) is 46.3 Å². The van der Waals surface area contributed by atoms with E-state index in [9.17, 15) is 14.4 Å². The van der Waals surface area contributed by atoms with Gasteiger partial charge in [-0.25, -0.2) is 54.6 Å². The summed E-state index contributed by atoms with van der Waals surface area (Å²) in [6.07, 6.45) is 36.1. The van der Waals surface area contributed by atoms with Crippen molar-refractivity contribution in [1.29, 1.82) is 0 Å². The number of rotatable bonds is 16. The normalized spacial score (nSPS) is 17.6. The molecule has 1 unspecified atom stereocenters. The van der Waals surface area contributed by atoms with Gasteiger partial charge in [-0.15, -0.1) is 0 Å². The number of carbonyl (C=O) groups excluding carboxylic acids is 3. The van der Waals surface area contributed by atoms with E-state index in [1.807, 2.05) is 51.0 Å².